The molecular formula is C13H21N3OS. The maximum absolute atomic E-state index is 11.9. The van der Waals surface area contributed by atoms with E-state index in [0.29, 0.717) is 6.54 Å². The summed E-state index contributed by atoms with van der Waals surface area (Å²) in [5.41, 5.74) is 0.886. The van der Waals surface area contributed by atoms with Crippen molar-refractivity contribution in [2.45, 2.75) is 4.90 Å². The Morgan fingerprint density at radius 1 is 1.39 bits per heavy atom. The summed E-state index contributed by atoms with van der Waals surface area (Å²) in [4.78, 5) is 15.0. The zero-order chi connectivity index (χ0) is 13.4. The zero-order valence-electron chi connectivity index (χ0n) is 11.2. The number of hydrogen-bond donors (Lipinski definition) is 2. The van der Waals surface area contributed by atoms with E-state index in [1.165, 1.54) is 0 Å². The molecule has 0 bridgehead atoms. The van der Waals surface area contributed by atoms with Gasteiger partial charge in [0.25, 0.3) is 0 Å². The van der Waals surface area contributed by atoms with E-state index in [2.05, 4.69) is 10.6 Å². The Labute approximate surface area is 113 Å². The molecule has 0 unspecified atom stereocenters. The highest BCUT2D eigenvalue weighted by Crippen LogP contribution is 2.24. The summed E-state index contributed by atoms with van der Waals surface area (Å²) in [6.07, 6.45) is 2.00. The number of benzene rings is 1. The van der Waals surface area contributed by atoms with Gasteiger partial charge < -0.3 is 10.6 Å². The monoisotopic (exact) mass is 267 g/mol. The molecule has 5 heteroatoms. The van der Waals surface area contributed by atoms with E-state index in [9.17, 15) is 4.79 Å². The molecule has 0 fully saturated rings. The molecule has 0 atom stereocenters. The van der Waals surface area contributed by atoms with Crippen LogP contribution in [-0.2, 0) is 4.79 Å². The third-order valence-corrected chi connectivity index (χ3v) is 3.33. The van der Waals surface area contributed by atoms with Crippen LogP contribution in [0.3, 0.4) is 0 Å². The second-order valence-electron chi connectivity index (χ2n) is 4.09. The average molecular weight is 267 g/mol. The predicted octanol–water partition coefficient (Wildman–Crippen LogP) is 1.50. The maximum atomic E-state index is 11.9. The molecular weight excluding hydrogens is 246 g/mol. The lowest BCUT2D eigenvalue weighted by Crippen LogP contribution is -2.34. The molecule has 100 valence electrons. The average Bonchev–Trinajstić information content (AvgIpc) is 2.36. The van der Waals surface area contributed by atoms with Crippen molar-refractivity contribution in [3.8, 4) is 0 Å². The largest absolute Gasteiger partial charge is 0.324 e. The van der Waals surface area contributed by atoms with Crippen molar-refractivity contribution in [3.63, 3.8) is 0 Å². The van der Waals surface area contributed by atoms with Crippen LogP contribution >= 0.6 is 11.8 Å². The van der Waals surface area contributed by atoms with E-state index in [0.717, 1.165) is 23.7 Å². The normalized spacial score (nSPS) is 10.7. The Kier molecular flexibility index (Phi) is 6.78. The first kappa shape index (κ1) is 15.0. The fraction of sp³-hybridized carbons (Fsp3) is 0.462. The van der Waals surface area contributed by atoms with Crippen LogP contribution in [0.4, 0.5) is 5.69 Å². The third-order valence-electron chi connectivity index (χ3n) is 2.54. The van der Waals surface area contributed by atoms with Crippen molar-refractivity contribution >= 4 is 23.4 Å². The summed E-state index contributed by atoms with van der Waals surface area (Å²) in [5.74, 6) is 0.0232. The van der Waals surface area contributed by atoms with Crippen LogP contribution in [0.1, 0.15) is 0 Å². The lowest BCUT2D eigenvalue weighted by atomic mass is 10.3. The van der Waals surface area contributed by atoms with Crippen LogP contribution in [0, 0.1) is 0 Å². The lowest BCUT2D eigenvalue weighted by molar-refractivity contribution is -0.117. The van der Waals surface area contributed by atoms with Gasteiger partial charge in [-0.3, -0.25) is 9.69 Å². The minimum Gasteiger partial charge on any atom is -0.324 e. The van der Waals surface area contributed by atoms with E-state index >= 15 is 0 Å². The van der Waals surface area contributed by atoms with E-state index in [4.69, 9.17) is 0 Å². The second-order valence-corrected chi connectivity index (χ2v) is 4.94. The van der Waals surface area contributed by atoms with Crippen LogP contribution in [-0.4, -0.2) is 50.8 Å². The van der Waals surface area contributed by atoms with Gasteiger partial charge in [0.05, 0.1) is 12.2 Å². The minimum absolute atomic E-state index is 0.0232. The smallest absolute Gasteiger partial charge is 0.238 e. The molecule has 0 aliphatic heterocycles. The molecule has 1 aromatic rings. The predicted molar refractivity (Wildman–Crippen MR) is 78.3 cm³/mol. The van der Waals surface area contributed by atoms with Crippen molar-refractivity contribution < 1.29 is 4.79 Å². The maximum Gasteiger partial charge on any atom is 0.238 e. The highest BCUT2D eigenvalue weighted by Gasteiger charge is 2.08. The number of carbonyl (C=O) groups excluding carboxylic acids is 1. The number of hydrogen-bond acceptors (Lipinski definition) is 4. The molecule has 0 spiro atoms. The zero-order valence-corrected chi connectivity index (χ0v) is 12.0. The molecule has 0 radical (unpaired) electrons. The summed E-state index contributed by atoms with van der Waals surface area (Å²) < 4.78 is 0. The van der Waals surface area contributed by atoms with Gasteiger partial charge in [0.15, 0.2) is 0 Å². The number of carbonyl (C=O) groups is 1. The van der Waals surface area contributed by atoms with Crippen LogP contribution < -0.4 is 10.6 Å². The Morgan fingerprint density at radius 2 is 2.11 bits per heavy atom. The van der Waals surface area contributed by atoms with Crippen molar-refractivity contribution in [3.05, 3.63) is 24.3 Å². The summed E-state index contributed by atoms with van der Waals surface area (Å²) in [6, 6.07) is 7.84. The number of rotatable bonds is 7. The van der Waals surface area contributed by atoms with Crippen LogP contribution in [0.25, 0.3) is 0 Å². The van der Waals surface area contributed by atoms with Gasteiger partial charge >= 0.3 is 0 Å². The van der Waals surface area contributed by atoms with Gasteiger partial charge in [0.1, 0.15) is 0 Å². The van der Waals surface area contributed by atoms with Gasteiger partial charge in [-0.1, -0.05) is 12.1 Å². The van der Waals surface area contributed by atoms with Gasteiger partial charge in [-0.15, -0.1) is 11.8 Å². The van der Waals surface area contributed by atoms with Gasteiger partial charge in [0, 0.05) is 18.0 Å². The molecule has 0 aromatic heterocycles. The Hall–Kier alpha value is -1.04. The minimum atomic E-state index is 0.0232. The molecule has 0 saturated carbocycles. The number of nitrogens with zero attached hydrogens (tertiary/aromatic N) is 1. The number of amides is 1. The van der Waals surface area contributed by atoms with E-state index in [-0.39, 0.29) is 5.91 Å². The Balaban J connectivity index is 2.49. The first-order chi connectivity index (χ1) is 8.67. The van der Waals surface area contributed by atoms with Crippen molar-refractivity contribution in [1.82, 2.24) is 10.2 Å². The highest BCUT2D eigenvalue weighted by molar-refractivity contribution is 7.98. The molecule has 0 aliphatic rings. The Bertz CT molecular complexity index is 384. The number of para-hydroxylation sites is 1. The van der Waals surface area contributed by atoms with Gasteiger partial charge in [0.2, 0.25) is 5.91 Å². The number of nitrogens with one attached hydrogen (secondary N) is 2. The number of anilines is 1. The van der Waals surface area contributed by atoms with Crippen molar-refractivity contribution in [2.75, 3.05) is 45.3 Å². The molecule has 1 aromatic carbocycles. The summed E-state index contributed by atoms with van der Waals surface area (Å²) in [6.45, 7) is 2.14. The fourth-order valence-electron chi connectivity index (χ4n) is 1.56. The molecule has 0 aliphatic carbocycles. The lowest BCUT2D eigenvalue weighted by Gasteiger charge is -2.16. The molecule has 1 amide bonds. The standard InChI is InChI=1S/C13H21N3OS/c1-14-8-9-16(2)10-13(17)15-11-6-4-5-7-12(11)18-3/h4-7,14H,8-10H2,1-3H3,(H,15,17). The Morgan fingerprint density at radius 3 is 2.78 bits per heavy atom. The van der Waals surface area contributed by atoms with Crippen LogP contribution in [0.15, 0.2) is 29.2 Å². The molecule has 4 nitrogen and oxygen atoms in total. The highest BCUT2D eigenvalue weighted by atomic mass is 32.2. The summed E-state index contributed by atoms with van der Waals surface area (Å²) in [5, 5.41) is 6.01. The first-order valence-corrected chi connectivity index (χ1v) is 7.16. The fourth-order valence-corrected chi connectivity index (χ4v) is 2.12. The molecule has 18 heavy (non-hydrogen) atoms. The van der Waals surface area contributed by atoms with E-state index < -0.39 is 0 Å². The van der Waals surface area contributed by atoms with Gasteiger partial charge in [-0.25, -0.2) is 0 Å². The summed E-state index contributed by atoms with van der Waals surface area (Å²) in [7, 11) is 3.85. The first-order valence-electron chi connectivity index (χ1n) is 5.93. The second kappa shape index (κ2) is 8.13. The molecule has 1 rings (SSSR count). The van der Waals surface area contributed by atoms with E-state index in [1.807, 2.05) is 49.5 Å². The third kappa shape index (κ3) is 5.08. The van der Waals surface area contributed by atoms with Crippen molar-refractivity contribution in [2.24, 2.45) is 0 Å². The molecule has 2 N–H and O–H groups in total. The molecule has 0 heterocycles. The van der Waals surface area contributed by atoms with Crippen molar-refractivity contribution in [1.29, 1.82) is 0 Å². The quantitative estimate of drug-likeness (QED) is 0.735. The number of thioether (sulfide) groups is 1. The molecule has 0 saturated heterocycles. The summed E-state index contributed by atoms with van der Waals surface area (Å²) >= 11 is 1.63. The van der Waals surface area contributed by atoms with Crippen LogP contribution in [0.2, 0.25) is 0 Å². The van der Waals surface area contributed by atoms with Crippen LogP contribution in [0.5, 0.6) is 0 Å². The van der Waals surface area contributed by atoms with Gasteiger partial charge in [-0.2, -0.15) is 0 Å². The number of likely N-dealkylation sites (N-methyl/N-ethyl adjacent to an activating group) is 2. The topological polar surface area (TPSA) is 44.4 Å². The SMILES string of the molecule is CNCCN(C)CC(=O)Nc1ccccc1SC. The van der Waals surface area contributed by atoms with Gasteiger partial charge in [-0.05, 0) is 32.5 Å². The van der Waals surface area contributed by atoms with E-state index in [1.54, 1.807) is 11.8 Å².